The Hall–Kier alpha value is -8.67. The molecule has 0 spiro atoms. The van der Waals surface area contributed by atoms with Crippen LogP contribution in [0.1, 0.15) is 16.7 Å². The van der Waals surface area contributed by atoms with E-state index in [0.717, 1.165) is 83.4 Å². The van der Waals surface area contributed by atoms with Crippen LogP contribution in [0.3, 0.4) is 0 Å². The van der Waals surface area contributed by atoms with Crippen molar-refractivity contribution in [3.63, 3.8) is 0 Å². The van der Waals surface area contributed by atoms with Gasteiger partial charge in [0.05, 0.1) is 44.5 Å². The van der Waals surface area contributed by atoms with Gasteiger partial charge in [-0.05, 0) is 89.0 Å². The number of allylic oxidation sites excluding steroid dienone is 1. The van der Waals surface area contributed by atoms with Gasteiger partial charge >= 0.3 is 0 Å². The van der Waals surface area contributed by atoms with Gasteiger partial charge in [0.25, 0.3) is 0 Å². The topological polar surface area (TPSA) is 61.4 Å². The van der Waals surface area contributed by atoms with Crippen molar-refractivity contribution in [3.05, 3.63) is 242 Å². The molecule has 64 heavy (non-hydrogen) atoms. The minimum absolute atomic E-state index is 0.638. The lowest BCUT2D eigenvalue weighted by Gasteiger charge is -2.11. The molecule has 0 fully saturated rings. The number of nitrogens with two attached hydrogens (primary N) is 1. The van der Waals surface area contributed by atoms with Crippen molar-refractivity contribution < 1.29 is 4.42 Å². The Morgan fingerprint density at radius 3 is 1.75 bits per heavy atom. The normalized spacial score (nSPS) is 12.4. The predicted molar refractivity (Wildman–Crippen MR) is 268 cm³/mol. The number of benzene rings is 9. The fourth-order valence-corrected chi connectivity index (χ4v) is 9.44. The largest absolute Gasteiger partial charge is 0.456 e. The van der Waals surface area contributed by atoms with Crippen molar-refractivity contribution >= 4 is 82.7 Å². The molecule has 0 saturated carbocycles. The summed E-state index contributed by atoms with van der Waals surface area (Å²) < 4.78 is 11.4. The smallest absolute Gasteiger partial charge is 0.137 e. The summed E-state index contributed by atoms with van der Waals surface area (Å²) in [6.07, 6.45) is 1.92. The second-order valence-corrected chi connectivity index (χ2v) is 16.2. The number of hydrogen-bond acceptors (Lipinski definition) is 3. The number of hydrogen-bond donors (Lipinski definition) is 1. The fourth-order valence-electron chi connectivity index (χ4n) is 9.44. The van der Waals surface area contributed by atoms with E-state index >= 15 is 0 Å². The van der Waals surface area contributed by atoms with E-state index in [1.807, 2.05) is 66.7 Å². The predicted octanol–water partition coefficient (Wildman–Crippen LogP) is 14.9. The van der Waals surface area contributed by atoms with Gasteiger partial charge in [0.2, 0.25) is 0 Å². The SMILES string of the molecule is C=C(N=C(/C=C(\N)c1ccccc1)c1ccccc1)c1ccc(-c2ccc3oc4cccc(-n5c6ccccc6c6cc7c8ccccc8n(-c8ccccc8)c7cc65)c4c3c2)cc1. The Labute approximate surface area is 369 Å². The number of aromatic nitrogens is 2. The zero-order chi connectivity index (χ0) is 42.7. The van der Waals surface area contributed by atoms with Gasteiger partial charge in [-0.2, -0.15) is 0 Å². The Balaban J connectivity index is 0.975. The van der Waals surface area contributed by atoms with Gasteiger partial charge < -0.3 is 19.3 Å². The van der Waals surface area contributed by atoms with E-state index in [9.17, 15) is 0 Å². The lowest BCUT2D eigenvalue weighted by molar-refractivity contribution is 0.669. The van der Waals surface area contributed by atoms with Gasteiger partial charge in [-0.25, -0.2) is 4.99 Å². The van der Waals surface area contributed by atoms with Crippen LogP contribution < -0.4 is 5.73 Å². The number of aliphatic imine (C=N–C) groups is 1. The lowest BCUT2D eigenvalue weighted by atomic mass is 10.0. The molecule has 3 heterocycles. The molecular weight excluding hydrogens is 781 g/mol. The summed E-state index contributed by atoms with van der Waals surface area (Å²) in [5.74, 6) is 0. The van der Waals surface area contributed by atoms with Gasteiger partial charge in [-0.1, -0.05) is 158 Å². The molecule has 0 aliphatic heterocycles. The molecule has 0 unspecified atom stereocenters. The highest BCUT2D eigenvalue weighted by Crippen LogP contribution is 2.43. The van der Waals surface area contributed by atoms with Crippen molar-refractivity contribution in [3.8, 4) is 22.5 Å². The second kappa shape index (κ2) is 15.0. The molecule has 3 aromatic heterocycles. The second-order valence-electron chi connectivity index (χ2n) is 16.2. The van der Waals surface area contributed by atoms with Gasteiger partial charge in [0.15, 0.2) is 0 Å². The first-order valence-corrected chi connectivity index (χ1v) is 21.5. The monoisotopic (exact) mass is 820 g/mol. The van der Waals surface area contributed by atoms with Crippen molar-refractivity contribution in [1.29, 1.82) is 0 Å². The number of fused-ring (bicyclic) bond motifs is 9. The van der Waals surface area contributed by atoms with Crippen LogP contribution in [0.15, 0.2) is 234 Å². The first-order chi connectivity index (χ1) is 31.6. The van der Waals surface area contributed by atoms with E-state index in [-0.39, 0.29) is 0 Å². The maximum absolute atomic E-state index is 6.62. The van der Waals surface area contributed by atoms with Crippen molar-refractivity contribution in [1.82, 2.24) is 9.13 Å². The molecular formula is C59H40N4O. The number of furan rings is 1. The fraction of sp³-hybridized carbons (Fsp3) is 0. The maximum Gasteiger partial charge on any atom is 0.137 e. The molecule has 9 aromatic carbocycles. The third kappa shape index (κ3) is 6.13. The maximum atomic E-state index is 6.62. The first kappa shape index (κ1) is 37.1. The van der Waals surface area contributed by atoms with Crippen molar-refractivity contribution in [2.24, 2.45) is 10.7 Å². The average Bonchev–Trinajstić information content (AvgIpc) is 4.01. The third-order valence-corrected chi connectivity index (χ3v) is 12.5. The van der Waals surface area contributed by atoms with Crippen LogP contribution in [0, 0.1) is 0 Å². The summed E-state index contributed by atoms with van der Waals surface area (Å²) in [6.45, 7) is 4.39. The number of para-hydroxylation sites is 3. The Kier molecular flexibility index (Phi) is 8.73. The molecule has 302 valence electrons. The first-order valence-electron chi connectivity index (χ1n) is 21.5. The molecule has 0 bridgehead atoms. The van der Waals surface area contributed by atoms with E-state index in [1.165, 1.54) is 27.1 Å². The standard InChI is InChI=1S/C59H40N4O/c1-38(61-51(42-18-7-3-8-19-42)36-50(60)41-16-5-2-6-17-41)39-28-30-40(31-29-39)43-32-33-57-49(34-43)59-54(26-15-27-58(59)64-57)63-53-25-14-12-23-46(53)48-35-47-45-22-11-13-24-52(45)62(55(47)37-56(48)63)44-20-9-4-10-21-44/h2-37H,1,60H2/b50-36-,61-51?. The summed E-state index contributed by atoms with van der Waals surface area (Å²) in [4.78, 5) is 5.03. The molecule has 12 aromatic rings. The molecule has 0 atom stereocenters. The molecule has 0 aliphatic carbocycles. The summed E-state index contributed by atoms with van der Waals surface area (Å²) in [5, 5.41) is 7.01. The molecule has 5 heteroatoms. The van der Waals surface area contributed by atoms with Gasteiger partial charge in [0, 0.05) is 43.9 Å². The highest BCUT2D eigenvalue weighted by atomic mass is 16.3. The zero-order valence-electron chi connectivity index (χ0n) is 34.8. The van der Waals surface area contributed by atoms with Crippen LogP contribution >= 0.6 is 0 Å². The van der Waals surface area contributed by atoms with Crippen LogP contribution in [-0.2, 0) is 0 Å². The molecule has 0 saturated heterocycles. The summed E-state index contributed by atoms with van der Waals surface area (Å²) in [7, 11) is 0. The highest BCUT2D eigenvalue weighted by Gasteiger charge is 2.21. The molecule has 5 nitrogen and oxygen atoms in total. The Bertz CT molecular complexity index is 3830. The number of nitrogens with zero attached hydrogens (tertiary/aromatic N) is 3. The summed E-state index contributed by atoms with van der Waals surface area (Å²) >= 11 is 0. The van der Waals surface area contributed by atoms with Crippen LogP contribution in [0.2, 0.25) is 0 Å². The van der Waals surface area contributed by atoms with E-state index in [0.29, 0.717) is 11.4 Å². The molecule has 12 rings (SSSR count). The Morgan fingerprint density at radius 2 is 1.05 bits per heavy atom. The van der Waals surface area contributed by atoms with Crippen LogP contribution in [0.25, 0.3) is 99.4 Å². The van der Waals surface area contributed by atoms with Crippen molar-refractivity contribution in [2.45, 2.75) is 0 Å². The number of rotatable bonds is 8. The molecule has 0 radical (unpaired) electrons. The molecule has 2 N–H and O–H groups in total. The average molecular weight is 821 g/mol. The van der Waals surface area contributed by atoms with Gasteiger partial charge in [-0.15, -0.1) is 0 Å². The highest BCUT2D eigenvalue weighted by molar-refractivity contribution is 6.21. The quantitative estimate of drug-likeness (QED) is 0.155. The minimum atomic E-state index is 0.638. The van der Waals surface area contributed by atoms with Crippen LogP contribution in [-0.4, -0.2) is 14.8 Å². The van der Waals surface area contributed by atoms with E-state index in [1.54, 1.807) is 0 Å². The van der Waals surface area contributed by atoms with E-state index in [4.69, 9.17) is 15.1 Å². The van der Waals surface area contributed by atoms with Crippen LogP contribution in [0.5, 0.6) is 0 Å². The lowest BCUT2D eigenvalue weighted by Crippen LogP contribution is -2.04. The van der Waals surface area contributed by atoms with E-state index < -0.39 is 0 Å². The van der Waals surface area contributed by atoms with E-state index in [2.05, 4.69) is 167 Å². The van der Waals surface area contributed by atoms with Crippen molar-refractivity contribution in [2.75, 3.05) is 0 Å². The van der Waals surface area contributed by atoms with Crippen LogP contribution in [0.4, 0.5) is 0 Å². The zero-order valence-corrected chi connectivity index (χ0v) is 34.8. The summed E-state index contributed by atoms with van der Waals surface area (Å²) in [6, 6.07) is 74.2. The molecule has 0 amide bonds. The summed E-state index contributed by atoms with van der Waals surface area (Å²) in [5.41, 5.74) is 22.1. The molecule has 0 aliphatic rings. The van der Waals surface area contributed by atoms with Gasteiger partial charge in [-0.3, -0.25) is 0 Å². The Morgan fingerprint density at radius 1 is 0.453 bits per heavy atom. The third-order valence-electron chi connectivity index (χ3n) is 12.5. The van der Waals surface area contributed by atoms with Gasteiger partial charge in [0.1, 0.15) is 11.2 Å². The minimum Gasteiger partial charge on any atom is -0.456 e.